The van der Waals surface area contributed by atoms with E-state index in [0.29, 0.717) is 35.5 Å². The second-order valence-electron chi connectivity index (χ2n) is 8.60. The zero-order chi connectivity index (χ0) is 25.2. The maximum absolute atomic E-state index is 13.0. The highest BCUT2D eigenvalue weighted by molar-refractivity contribution is 7.92. The number of sulfonamides is 1. The standard InChI is InChI=1S/C25H27N3O6S/c1-16-7-8-18(15-22(16)35(32,33)27-17-9-11-19(34-2)12-10-17)26-23(29)13-14-28-24(30)20-5-3-4-6-21(20)25(28)31/h3-4,7-12,15,20-21,27H,5-6,13-14H2,1-2H3,(H,26,29)/t20-,21-/m0/s1. The van der Waals surface area contributed by atoms with Crippen LogP contribution in [0.15, 0.2) is 59.5 Å². The average molecular weight is 498 g/mol. The van der Waals surface area contributed by atoms with Crippen LogP contribution in [-0.2, 0) is 24.4 Å². The highest BCUT2D eigenvalue weighted by Crippen LogP contribution is 2.35. The molecule has 0 saturated carbocycles. The van der Waals surface area contributed by atoms with Gasteiger partial charge in [0.2, 0.25) is 17.7 Å². The van der Waals surface area contributed by atoms with E-state index in [9.17, 15) is 22.8 Å². The van der Waals surface area contributed by atoms with E-state index < -0.39 is 15.9 Å². The number of anilines is 2. The van der Waals surface area contributed by atoms with Crippen LogP contribution in [0, 0.1) is 18.8 Å². The fourth-order valence-electron chi connectivity index (χ4n) is 4.36. The van der Waals surface area contributed by atoms with Crippen LogP contribution >= 0.6 is 0 Å². The van der Waals surface area contributed by atoms with Crippen molar-refractivity contribution in [3.8, 4) is 5.75 Å². The summed E-state index contributed by atoms with van der Waals surface area (Å²) in [7, 11) is -2.40. The number of rotatable bonds is 8. The molecule has 2 atom stereocenters. The van der Waals surface area contributed by atoms with Crippen molar-refractivity contribution in [2.75, 3.05) is 23.7 Å². The second-order valence-corrected chi connectivity index (χ2v) is 10.2. The molecule has 0 unspecified atom stereocenters. The first kappa shape index (κ1) is 24.5. The van der Waals surface area contributed by atoms with Crippen molar-refractivity contribution in [1.29, 1.82) is 0 Å². The number of hydrogen-bond acceptors (Lipinski definition) is 6. The number of methoxy groups -OCH3 is 1. The molecule has 184 valence electrons. The lowest BCUT2D eigenvalue weighted by molar-refractivity contribution is -0.140. The zero-order valence-corrected chi connectivity index (χ0v) is 20.3. The molecule has 2 aliphatic rings. The molecule has 1 fully saturated rings. The van der Waals surface area contributed by atoms with Crippen LogP contribution in [0.5, 0.6) is 5.75 Å². The number of carbonyl (C=O) groups excluding carboxylic acids is 3. The second kappa shape index (κ2) is 9.91. The number of amides is 3. The van der Waals surface area contributed by atoms with Gasteiger partial charge in [-0.15, -0.1) is 0 Å². The molecular weight excluding hydrogens is 470 g/mol. The van der Waals surface area contributed by atoms with Crippen molar-refractivity contribution in [2.24, 2.45) is 11.8 Å². The first-order valence-electron chi connectivity index (χ1n) is 11.3. The fraction of sp³-hybridized carbons (Fsp3) is 0.320. The number of aryl methyl sites for hydroxylation is 1. The Bertz CT molecular complexity index is 1260. The van der Waals surface area contributed by atoms with Crippen LogP contribution in [0.1, 0.15) is 24.8 Å². The predicted octanol–water partition coefficient (Wildman–Crippen LogP) is 3.08. The number of imide groups is 1. The van der Waals surface area contributed by atoms with Gasteiger partial charge in [0.25, 0.3) is 10.0 Å². The van der Waals surface area contributed by atoms with Gasteiger partial charge in [0.05, 0.1) is 23.8 Å². The minimum absolute atomic E-state index is 0.00740. The zero-order valence-electron chi connectivity index (χ0n) is 19.5. The number of benzene rings is 2. The van der Waals surface area contributed by atoms with Gasteiger partial charge in [0.1, 0.15) is 5.75 Å². The Morgan fingerprint density at radius 1 is 1.00 bits per heavy atom. The quantitative estimate of drug-likeness (QED) is 0.427. The van der Waals surface area contributed by atoms with Crippen molar-refractivity contribution < 1.29 is 27.5 Å². The van der Waals surface area contributed by atoms with Gasteiger partial charge in [-0.3, -0.25) is 24.0 Å². The van der Waals surface area contributed by atoms with Gasteiger partial charge in [-0.2, -0.15) is 0 Å². The molecule has 9 nitrogen and oxygen atoms in total. The first-order chi connectivity index (χ1) is 16.7. The van der Waals surface area contributed by atoms with Crippen LogP contribution < -0.4 is 14.8 Å². The lowest BCUT2D eigenvalue weighted by Crippen LogP contribution is -2.34. The molecule has 0 radical (unpaired) electrons. The number of likely N-dealkylation sites (tertiary alicyclic amines) is 1. The van der Waals surface area contributed by atoms with Gasteiger partial charge in [0.15, 0.2) is 0 Å². The van der Waals surface area contributed by atoms with Crippen molar-refractivity contribution >= 4 is 39.1 Å². The summed E-state index contributed by atoms with van der Waals surface area (Å²) in [5, 5.41) is 2.67. The number of allylic oxidation sites excluding steroid dienone is 2. The molecule has 2 aromatic carbocycles. The topological polar surface area (TPSA) is 122 Å². The van der Waals surface area contributed by atoms with E-state index in [4.69, 9.17) is 4.74 Å². The van der Waals surface area contributed by atoms with Crippen LogP contribution in [0.4, 0.5) is 11.4 Å². The highest BCUT2D eigenvalue weighted by atomic mass is 32.2. The Hall–Kier alpha value is -3.66. The number of ether oxygens (including phenoxy) is 1. The molecule has 2 N–H and O–H groups in total. The Morgan fingerprint density at radius 3 is 2.20 bits per heavy atom. The van der Waals surface area contributed by atoms with E-state index in [0.717, 1.165) is 0 Å². The lowest BCUT2D eigenvalue weighted by atomic mass is 9.85. The summed E-state index contributed by atoms with van der Waals surface area (Å²) in [5.41, 5.74) is 1.18. The fourth-order valence-corrected chi connectivity index (χ4v) is 5.69. The summed E-state index contributed by atoms with van der Waals surface area (Å²) in [5.74, 6) is -0.955. The van der Waals surface area contributed by atoms with Gasteiger partial charge >= 0.3 is 0 Å². The van der Waals surface area contributed by atoms with Crippen molar-refractivity contribution in [3.05, 3.63) is 60.2 Å². The van der Waals surface area contributed by atoms with E-state index >= 15 is 0 Å². The minimum atomic E-state index is -3.92. The normalized spacial score (nSPS) is 19.4. The Balaban J connectivity index is 1.40. The van der Waals surface area contributed by atoms with E-state index in [-0.39, 0.29) is 41.5 Å². The molecule has 0 aromatic heterocycles. The maximum atomic E-state index is 13.0. The molecule has 2 aromatic rings. The summed E-state index contributed by atoms with van der Waals surface area (Å²) >= 11 is 0. The number of fused-ring (bicyclic) bond motifs is 1. The molecule has 4 rings (SSSR count). The molecule has 3 amide bonds. The number of carbonyl (C=O) groups is 3. The third kappa shape index (κ3) is 5.22. The molecule has 35 heavy (non-hydrogen) atoms. The maximum Gasteiger partial charge on any atom is 0.262 e. The largest absolute Gasteiger partial charge is 0.497 e. The van der Waals surface area contributed by atoms with Crippen LogP contribution in [0.3, 0.4) is 0 Å². The summed E-state index contributed by atoms with van der Waals surface area (Å²) in [4.78, 5) is 38.9. The predicted molar refractivity (Wildman–Crippen MR) is 130 cm³/mol. The summed E-state index contributed by atoms with van der Waals surface area (Å²) in [6.07, 6.45) is 4.83. The highest BCUT2D eigenvalue weighted by Gasteiger charge is 2.46. The van der Waals surface area contributed by atoms with E-state index in [1.54, 1.807) is 43.3 Å². The molecule has 1 aliphatic carbocycles. The Labute approximate surface area is 204 Å². The molecular formula is C25H27N3O6S. The summed E-state index contributed by atoms with van der Waals surface area (Å²) in [6, 6.07) is 11.0. The van der Waals surface area contributed by atoms with Crippen molar-refractivity contribution in [1.82, 2.24) is 4.90 Å². The van der Waals surface area contributed by atoms with Crippen molar-refractivity contribution in [3.63, 3.8) is 0 Å². The number of nitrogens with one attached hydrogen (secondary N) is 2. The molecule has 0 spiro atoms. The smallest absolute Gasteiger partial charge is 0.262 e. The number of hydrogen-bond donors (Lipinski definition) is 2. The van der Waals surface area contributed by atoms with E-state index in [1.807, 2.05) is 12.2 Å². The van der Waals surface area contributed by atoms with Gasteiger partial charge in [0, 0.05) is 24.3 Å². The Kier molecular flexibility index (Phi) is 6.93. The van der Waals surface area contributed by atoms with Crippen molar-refractivity contribution in [2.45, 2.75) is 31.1 Å². The van der Waals surface area contributed by atoms with Crippen LogP contribution in [0.25, 0.3) is 0 Å². The van der Waals surface area contributed by atoms with Crippen LogP contribution in [-0.4, -0.2) is 44.7 Å². The van der Waals surface area contributed by atoms with Crippen LogP contribution in [0.2, 0.25) is 0 Å². The monoisotopic (exact) mass is 497 g/mol. The molecule has 1 aliphatic heterocycles. The summed E-state index contributed by atoms with van der Waals surface area (Å²) < 4.78 is 33.5. The van der Waals surface area contributed by atoms with Gasteiger partial charge < -0.3 is 10.1 Å². The lowest BCUT2D eigenvalue weighted by Gasteiger charge is -2.15. The SMILES string of the molecule is COc1ccc(NS(=O)(=O)c2cc(NC(=O)CCN3C(=O)[C@H]4CC=CC[C@@H]4C3=O)ccc2C)cc1. The van der Waals surface area contributed by atoms with Gasteiger partial charge in [-0.25, -0.2) is 8.42 Å². The third-order valence-electron chi connectivity index (χ3n) is 6.26. The van der Waals surface area contributed by atoms with E-state index in [2.05, 4.69) is 10.0 Å². The summed E-state index contributed by atoms with van der Waals surface area (Å²) in [6.45, 7) is 1.65. The molecule has 10 heteroatoms. The minimum Gasteiger partial charge on any atom is -0.497 e. The van der Waals surface area contributed by atoms with Gasteiger partial charge in [-0.1, -0.05) is 18.2 Å². The molecule has 1 heterocycles. The Morgan fingerprint density at radius 2 is 1.60 bits per heavy atom. The molecule has 0 bridgehead atoms. The third-order valence-corrected chi connectivity index (χ3v) is 7.79. The first-order valence-corrected chi connectivity index (χ1v) is 12.8. The molecule has 1 saturated heterocycles. The van der Waals surface area contributed by atoms with E-state index in [1.165, 1.54) is 18.1 Å². The number of nitrogens with zero attached hydrogens (tertiary/aromatic N) is 1. The average Bonchev–Trinajstić information content (AvgIpc) is 3.08. The van der Waals surface area contributed by atoms with Gasteiger partial charge in [-0.05, 0) is 61.7 Å².